The monoisotopic (exact) mass is 568 g/mol. The quantitative estimate of drug-likeness (QED) is 0.0755. The number of esters is 2. The fourth-order valence-corrected chi connectivity index (χ4v) is 4.62. The van der Waals surface area contributed by atoms with Gasteiger partial charge < -0.3 is 18.9 Å². The molecule has 0 spiro atoms. The maximum Gasteiger partial charge on any atom is 0.343 e. The standard InChI is InChI=1S/C35H52O6/c1-4-6-7-8-9-10-11-12-13-16-27-39-32-23-19-31(20-24-32)35(37)41-33-25-21-30(22-26-33)34(36)40-28-17-14-15-18-29(3)38-5-2/h19-26,29H,4-18,27-28H2,1-3H3. The van der Waals surface area contributed by atoms with Crippen molar-refractivity contribution in [1.82, 2.24) is 0 Å². The highest BCUT2D eigenvalue weighted by atomic mass is 16.5. The Morgan fingerprint density at radius 1 is 0.610 bits per heavy atom. The van der Waals surface area contributed by atoms with E-state index in [1.54, 1.807) is 48.5 Å². The van der Waals surface area contributed by atoms with Gasteiger partial charge in [-0.1, -0.05) is 71.1 Å². The molecule has 6 nitrogen and oxygen atoms in total. The van der Waals surface area contributed by atoms with E-state index in [0.29, 0.717) is 30.1 Å². The third kappa shape index (κ3) is 15.6. The van der Waals surface area contributed by atoms with Gasteiger partial charge in [0.15, 0.2) is 0 Å². The maximum absolute atomic E-state index is 12.5. The van der Waals surface area contributed by atoms with Gasteiger partial charge in [-0.05, 0) is 88.1 Å². The Morgan fingerprint density at radius 3 is 1.73 bits per heavy atom. The zero-order chi connectivity index (χ0) is 29.5. The molecule has 0 saturated carbocycles. The molecule has 2 aromatic rings. The summed E-state index contributed by atoms with van der Waals surface area (Å²) < 4.78 is 22.2. The summed E-state index contributed by atoms with van der Waals surface area (Å²) in [5, 5.41) is 0. The first kappa shape index (κ1) is 34.3. The van der Waals surface area contributed by atoms with Gasteiger partial charge in [0, 0.05) is 6.61 Å². The second kappa shape index (κ2) is 21.8. The Balaban J connectivity index is 1.60. The average Bonchev–Trinajstić information content (AvgIpc) is 2.98. The molecule has 6 heteroatoms. The first-order chi connectivity index (χ1) is 20.0. The number of carbonyl (C=O) groups is 2. The number of hydrogen-bond donors (Lipinski definition) is 0. The van der Waals surface area contributed by atoms with Gasteiger partial charge in [-0.2, -0.15) is 0 Å². The predicted molar refractivity (Wildman–Crippen MR) is 165 cm³/mol. The highest BCUT2D eigenvalue weighted by Crippen LogP contribution is 2.18. The minimum absolute atomic E-state index is 0.271. The second-order valence-corrected chi connectivity index (χ2v) is 10.7. The van der Waals surface area contributed by atoms with E-state index >= 15 is 0 Å². The van der Waals surface area contributed by atoms with Crippen LogP contribution in [0.2, 0.25) is 0 Å². The topological polar surface area (TPSA) is 71.1 Å². The number of ether oxygens (including phenoxy) is 4. The molecular weight excluding hydrogens is 516 g/mol. The van der Waals surface area contributed by atoms with Gasteiger partial charge in [0.05, 0.1) is 30.4 Å². The van der Waals surface area contributed by atoms with Gasteiger partial charge in [-0.25, -0.2) is 9.59 Å². The van der Waals surface area contributed by atoms with E-state index in [1.807, 2.05) is 6.92 Å². The minimum atomic E-state index is -0.458. The van der Waals surface area contributed by atoms with Crippen molar-refractivity contribution in [2.45, 2.75) is 117 Å². The normalized spacial score (nSPS) is 11.7. The highest BCUT2D eigenvalue weighted by molar-refractivity contribution is 5.92. The number of carbonyl (C=O) groups excluding carboxylic acids is 2. The molecule has 0 fully saturated rings. The summed E-state index contributed by atoms with van der Waals surface area (Å²) in [7, 11) is 0. The van der Waals surface area contributed by atoms with Crippen molar-refractivity contribution in [3.8, 4) is 11.5 Å². The van der Waals surface area contributed by atoms with Crippen LogP contribution in [0, 0.1) is 0 Å². The van der Waals surface area contributed by atoms with Crippen LogP contribution < -0.4 is 9.47 Å². The molecule has 228 valence electrons. The van der Waals surface area contributed by atoms with Gasteiger partial charge in [-0.15, -0.1) is 0 Å². The molecule has 0 aliphatic rings. The van der Waals surface area contributed by atoms with Crippen LogP contribution in [-0.2, 0) is 9.47 Å². The Bertz CT molecular complexity index is 954. The van der Waals surface area contributed by atoms with Crippen molar-refractivity contribution in [1.29, 1.82) is 0 Å². The zero-order valence-corrected chi connectivity index (χ0v) is 25.7. The molecular formula is C35H52O6. The van der Waals surface area contributed by atoms with Crippen molar-refractivity contribution in [2.24, 2.45) is 0 Å². The largest absolute Gasteiger partial charge is 0.494 e. The van der Waals surface area contributed by atoms with E-state index in [-0.39, 0.29) is 12.1 Å². The lowest BCUT2D eigenvalue weighted by atomic mass is 10.1. The summed E-state index contributed by atoms with van der Waals surface area (Å²) in [6, 6.07) is 13.4. The SMILES string of the molecule is CCCCCCCCCCCCOc1ccc(C(=O)Oc2ccc(C(=O)OCCCCCC(C)OCC)cc2)cc1. The molecule has 0 saturated heterocycles. The smallest absolute Gasteiger partial charge is 0.343 e. The minimum Gasteiger partial charge on any atom is -0.494 e. The molecule has 0 aliphatic carbocycles. The molecule has 0 aromatic heterocycles. The summed E-state index contributed by atoms with van der Waals surface area (Å²) in [4.78, 5) is 24.8. The molecule has 2 aromatic carbocycles. The van der Waals surface area contributed by atoms with E-state index in [1.165, 1.54) is 57.8 Å². The molecule has 0 bridgehead atoms. The number of benzene rings is 2. The molecule has 2 rings (SSSR count). The van der Waals surface area contributed by atoms with E-state index < -0.39 is 5.97 Å². The summed E-state index contributed by atoms with van der Waals surface area (Å²) in [5.74, 6) is 0.288. The van der Waals surface area contributed by atoms with Crippen LogP contribution in [0.4, 0.5) is 0 Å². The van der Waals surface area contributed by atoms with Gasteiger partial charge in [-0.3, -0.25) is 0 Å². The Morgan fingerprint density at radius 2 is 1.12 bits per heavy atom. The third-order valence-electron chi connectivity index (χ3n) is 7.10. The summed E-state index contributed by atoms with van der Waals surface area (Å²) in [6.07, 6.45) is 17.1. The number of rotatable bonds is 23. The molecule has 41 heavy (non-hydrogen) atoms. The molecule has 1 atom stereocenters. The number of hydrogen-bond acceptors (Lipinski definition) is 6. The summed E-state index contributed by atoms with van der Waals surface area (Å²) >= 11 is 0. The van der Waals surface area contributed by atoms with Crippen LogP contribution in [0.5, 0.6) is 11.5 Å². The lowest BCUT2D eigenvalue weighted by Gasteiger charge is -2.11. The van der Waals surface area contributed by atoms with E-state index in [2.05, 4.69) is 13.8 Å². The van der Waals surface area contributed by atoms with Gasteiger partial charge in [0.1, 0.15) is 11.5 Å². The van der Waals surface area contributed by atoms with Crippen molar-refractivity contribution in [2.75, 3.05) is 19.8 Å². The lowest BCUT2D eigenvalue weighted by molar-refractivity contribution is 0.0488. The van der Waals surface area contributed by atoms with Crippen molar-refractivity contribution in [3.63, 3.8) is 0 Å². The first-order valence-corrected chi connectivity index (χ1v) is 15.9. The van der Waals surface area contributed by atoms with E-state index in [4.69, 9.17) is 18.9 Å². The van der Waals surface area contributed by atoms with Gasteiger partial charge >= 0.3 is 11.9 Å². The Kier molecular flexibility index (Phi) is 18.3. The summed E-state index contributed by atoms with van der Waals surface area (Å²) in [6.45, 7) is 8.14. The molecule has 0 heterocycles. The summed E-state index contributed by atoms with van der Waals surface area (Å²) in [5.41, 5.74) is 0.870. The Hall–Kier alpha value is -2.86. The van der Waals surface area contributed by atoms with Crippen LogP contribution in [0.15, 0.2) is 48.5 Å². The maximum atomic E-state index is 12.5. The number of unbranched alkanes of at least 4 members (excludes halogenated alkanes) is 11. The van der Waals surface area contributed by atoms with Crippen LogP contribution in [0.25, 0.3) is 0 Å². The van der Waals surface area contributed by atoms with Gasteiger partial charge in [0.25, 0.3) is 0 Å². The molecule has 0 amide bonds. The van der Waals surface area contributed by atoms with Crippen molar-refractivity contribution >= 4 is 11.9 Å². The molecule has 0 radical (unpaired) electrons. The average molecular weight is 569 g/mol. The fourth-order valence-electron chi connectivity index (χ4n) is 4.62. The molecule has 0 N–H and O–H groups in total. The van der Waals surface area contributed by atoms with Crippen LogP contribution in [0.3, 0.4) is 0 Å². The third-order valence-corrected chi connectivity index (χ3v) is 7.10. The Labute approximate surface area is 248 Å². The first-order valence-electron chi connectivity index (χ1n) is 15.9. The van der Waals surface area contributed by atoms with E-state index in [9.17, 15) is 9.59 Å². The van der Waals surface area contributed by atoms with Crippen LogP contribution >= 0.6 is 0 Å². The highest BCUT2D eigenvalue weighted by Gasteiger charge is 2.11. The van der Waals surface area contributed by atoms with Crippen LogP contribution in [0.1, 0.15) is 131 Å². The van der Waals surface area contributed by atoms with Crippen molar-refractivity contribution in [3.05, 3.63) is 59.7 Å². The second-order valence-electron chi connectivity index (χ2n) is 10.7. The van der Waals surface area contributed by atoms with Crippen molar-refractivity contribution < 1.29 is 28.5 Å². The zero-order valence-electron chi connectivity index (χ0n) is 25.7. The molecule has 1 unspecified atom stereocenters. The lowest BCUT2D eigenvalue weighted by Crippen LogP contribution is -2.10. The molecule has 0 aliphatic heterocycles. The van der Waals surface area contributed by atoms with Gasteiger partial charge in [0.2, 0.25) is 0 Å². The fraction of sp³-hybridized carbons (Fsp3) is 0.600. The van der Waals surface area contributed by atoms with Crippen LogP contribution in [-0.4, -0.2) is 37.9 Å². The predicted octanol–water partition coefficient (Wildman–Crippen LogP) is 9.35. The van der Waals surface area contributed by atoms with E-state index in [0.717, 1.165) is 44.5 Å².